The van der Waals surface area contributed by atoms with Crippen LogP contribution in [-0.4, -0.2) is 54.4 Å². The number of hydrogen-bond donors (Lipinski definition) is 3. The van der Waals surface area contributed by atoms with Gasteiger partial charge in [0.1, 0.15) is 11.5 Å². The van der Waals surface area contributed by atoms with Gasteiger partial charge in [0.25, 0.3) is 0 Å². The van der Waals surface area contributed by atoms with Gasteiger partial charge >= 0.3 is 6.03 Å². The molecule has 0 bridgehead atoms. The van der Waals surface area contributed by atoms with E-state index in [2.05, 4.69) is 37.7 Å². The zero-order valence-electron chi connectivity index (χ0n) is 18.4. The highest BCUT2D eigenvalue weighted by molar-refractivity contribution is 6.01. The Morgan fingerprint density at radius 1 is 0.879 bits per heavy atom. The van der Waals surface area contributed by atoms with E-state index >= 15 is 0 Å². The Kier molecular flexibility index (Phi) is 5.82. The smallest absolute Gasteiger partial charge is 0.323 e. The molecule has 0 radical (unpaired) electrons. The normalized spacial score (nSPS) is 14.3. The Balaban J connectivity index is 1.20. The van der Waals surface area contributed by atoms with Crippen LogP contribution in [0.3, 0.4) is 0 Å². The second kappa shape index (κ2) is 9.22. The van der Waals surface area contributed by atoms with Crippen LogP contribution in [0.5, 0.6) is 11.5 Å². The van der Waals surface area contributed by atoms with Crippen LogP contribution in [0.15, 0.2) is 72.8 Å². The third-order valence-corrected chi connectivity index (χ3v) is 5.69. The van der Waals surface area contributed by atoms with E-state index in [9.17, 15) is 4.79 Å². The minimum atomic E-state index is -0.315. The average Bonchev–Trinajstić information content (AvgIpc) is 3.25. The van der Waals surface area contributed by atoms with Crippen LogP contribution >= 0.6 is 0 Å². The van der Waals surface area contributed by atoms with Crippen LogP contribution in [0, 0.1) is 0 Å². The van der Waals surface area contributed by atoms with Crippen molar-refractivity contribution in [3.05, 3.63) is 72.8 Å². The topological polar surface area (TPSA) is 85.5 Å². The molecule has 8 nitrogen and oxygen atoms in total. The van der Waals surface area contributed by atoms with Crippen LogP contribution in [0.1, 0.15) is 0 Å². The van der Waals surface area contributed by atoms with Crippen molar-refractivity contribution in [2.24, 2.45) is 0 Å². The van der Waals surface area contributed by atoms with Gasteiger partial charge in [0.15, 0.2) is 5.82 Å². The Morgan fingerprint density at radius 3 is 2.30 bits per heavy atom. The summed E-state index contributed by atoms with van der Waals surface area (Å²) < 4.78 is 5.78. The molecule has 1 aliphatic rings. The number of aromatic nitrogens is 2. The molecule has 3 aromatic carbocycles. The number of urea groups is 1. The van der Waals surface area contributed by atoms with Crippen LogP contribution in [0.25, 0.3) is 10.9 Å². The number of carbonyl (C=O) groups excluding carboxylic acids is 1. The van der Waals surface area contributed by atoms with Crippen LogP contribution in [0.2, 0.25) is 0 Å². The lowest BCUT2D eigenvalue weighted by molar-refractivity contribution is 0.262. The maximum absolute atomic E-state index is 12.5. The molecule has 33 heavy (non-hydrogen) atoms. The number of carbonyl (C=O) groups is 1. The van der Waals surface area contributed by atoms with Crippen molar-refractivity contribution < 1.29 is 9.53 Å². The van der Waals surface area contributed by atoms with Gasteiger partial charge in [-0.3, -0.25) is 5.10 Å². The van der Waals surface area contributed by atoms with Gasteiger partial charge in [-0.05, 0) is 61.6 Å². The molecule has 1 aromatic heterocycles. The van der Waals surface area contributed by atoms with E-state index in [-0.39, 0.29) is 6.03 Å². The van der Waals surface area contributed by atoms with Gasteiger partial charge in [0, 0.05) is 42.9 Å². The molecule has 4 aromatic rings. The molecule has 1 fully saturated rings. The standard InChI is InChI=1S/C25H26N6O2/c1-30-13-15-31(16-14-30)24-22-12-9-19(17-23(22)28-29-24)27-25(32)26-18-7-10-21(11-8-18)33-20-5-3-2-4-6-20/h2-12,17H,13-16H2,1H3,(H,28,29)(H2,26,27,32). The third-order valence-electron chi connectivity index (χ3n) is 5.69. The largest absolute Gasteiger partial charge is 0.457 e. The molecule has 0 unspecified atom stereocenters. The number of nitrogens with zero attached hydrogens (tertiary/aromatic N) is 3. The quantitative estimate of drug-likeness (QED) is 0.415. The van der Waals surface area contributed by atoms with Crippen molar-refractivity contribution >= 4 is 34.1 Å². The van der Waals surface area contributed by atoms with Gasteiger partial charge in [-0.2, -0.15) is 5.10 Å². The summed E-state index contributed by atoms with van der Waals surface area (Å²) in [7, 11) is 2.13. The van der Waals surface area contributed by atoms with Gasteiger partial charge in [0.05, 0.1) is 5.52 Å². The first kappa shape index (κ1) is 20.8. The zero-order valence-corrected chi connectivity index (χ0v) is 18.4. The van der Waals surface area contributed by atoms with E-state index in [1.807, 2.05) is 60.7 Å². The first-order valence-corrected chi connectivity index (χ1v) is 11.0. The fourth-order valence-electron chi connectivity index (χ4n) is 3.87. The van der Waals surface area contributed by atoms with E-state index in [0.717, 1.165) is 48.6 Å². The molecular formula is C25H26N6O2. The molecule has 8 heteroatoms. The molecule has 0 spiro atoms. The molecule has 1 aliphatic heterocycles. The maximum Gasteiger partial charge on any atom is 0.323 e. The lowest BCUT2D eigenvalue weighted by Gasteiger charge is -2.32. The van der Waals surface area contributed by atoms with Crippen molar-refractivity contribution in [1.29, 1.82) is 0 Å². The SMILES string of the molecule is CN1CCN(c2n[nH]c3cc(NC(=O)Nc4ccc(Oc5ccccc5)cc4)ccc23)CC1. The molecule has 1 saturated heterocycles. The van der Waals surface area contributed by atoms with Gasteiger partial charge in [0.2, 0.25) is 0 Å². The second-order valence-electron chi connectivity index (χ2n) is 8.12. The van der Waals surface area contributed by atoms with E-state index in [1.165, 1.54) is 0 Å². The summed E-state index contributed by atoms with van der Waals surface area (Å²) in [4.78, 5) is 17.1. The lowest BCUT2D eigenvalue weighted by Crippen LogP contribution is -2.44. The van der Waals surface area contributed by atoms with E-state index in [0.29, 0.717) is 17.1 Å². The molecule has 0 aliphatic carbocycles. The Bertz CT molecular complexity index is 1230. The van der Waals surface area contributed by atoms with Gasteiger partial charge in [-0.25, -0.2) is 4.79 Å². The number of anilines is 3. The number of rotatable bonds is 5. The van der Waals surface area contributed by atoms with Crippen molar-refractivity contribution in [2.75, 3.05) is 48.8 Å². The van der Waals surface area contributed by atoms with Gasteiger partial charge in [-0.1, -0.05) is 18.2 Å². The van der Waals surface area contributed by atoms with Crippen molar-refractivity contribution in [3.63, 3.8) is 0 Å². The van der Waals surface area contributed by atoms with Crippen molar-refractivity contribution in [1.82, 2.24) is 15.1 Å². The summed E-state index contributed by atoms with van der Waals surface area (Å²) in [5.74, 6) is 2.43. The second-order valence-corrected chi connectivity index (χ2v) is 8.12. The summed E-state index contributed by atoms with van der Waals surface area (Å²) in [6.07, 6.45) is 0. The van der Waals surface area contributed by atoms with Gasteiger partial charge < -0.3 is 25.2 Å². The molecule has 0 atom stereocenters. The summed E-state index contributed by atoms with van der Waals surface area (Å²) in [5.41, 5.74) is 2.26. The maximum atomic E-state index is 12.5. The fraction of sp³-hybridized carbons (Fsp3) is 0.200. The summed E-state index contributed by atoms with van der Waals surface area (Å²) >= 11 is 0. The highest BCUT2D eigenvalue weighted by Gasteiger charge is 2.19. The van der Waals surface area contributed by atoms with Crippen molar-refractivity contribution in [3.8, 4) is 11.5 Å². The molecule has 2 heterocycles. The molecule has 3 N–H and O–H groups in total. The number of fused-ring (bicyclic) bond motifs is 1. The van der Waals surface area contributed by atoms with Crippen LogP contribution in [-0.2, 0) is 0 Å². The molecule has 5 rings (SSSR count). The van der Waals surface area contributed by atoms with E-state index in [1.54, 1.807) is 12.1 Å². The number of benzene rings is 3. The number of piperazine rings is 1. The Hall–Kier alpha value is -4.04. The van der Waals surface area contributed by atoms with E-state index < -0.39 is 0 Å². The van der Waals surface area contributed by atoms with Gasteiger partial charge in [-0.15, -0.1) is 0 Å². The minimum Gasteiger partial charge on any atom is -0.457 e. The Morgan fingerprint density at radius 2 is 1.55 bits per heavy atom. The van der Waals surface area contributed by atoms with Crippen LogP contribution in [0.4, 0.5) is 22.0 Å². The fourth-order valence-corrected chi connectivity index (χ4v) is 3.87. The number of amides is 2. The summed E-state index contributed by atoms with van der Waals surface area (Å²) in [5, 5.41) is 14.4. The minimum absolute atomic E-state index is 0.315. The summed E-state index contributed by atoms with van der Waals surface area (Å²) in [6.45, 7) is 3.95. The predicted octanol–water partition coefficient (Wildman–Crippen LogP) is 4.75. The molecular weight excluding hydrogens is 416 g/mol. The highest BCUT2D eigenvalue weighted by atomic mass is 16.5. The number of nitrogens with one attached hydrogen (secondary N) is 3. The predicted molar refractivity (Wildman–Crippen MR) is 131 cm³/mol. The highest BCUT2D eigenvalue weighted by Crippen LogP contribution is 2.27. The first-order valence-electron chi connectivity index (χ1n) is 11.0. The number of para-hydroxylation sites is 1. The number of ether oxygens (including phenoxy) is 1. The monoisotopic (exact) mass is 442 g/mol. The first-order chi connectivity index (χ1) is 16.1. The number of aromatic amines is 1. The Labute approximate surface area is 192 Å². The third kappa shape index (κ3) is 4.91. The van der Waals surface area contributed by atoms with Crippen LogP contribution < -0.4 is 20.3 Å². The number of H-pyrrole nitrogens is 1. The molecule has 0 saturated carbocycles. The molecule has 168 valence electrons. The number of likely N-dealkylation sites (N-methyl/N-ethyl adjacent to an activating group) is 1. The lowest BCUT2D eigenvalue weighted by atomic mass is 10.2. The average molecular weight is 443 g/mol. The zero-order chi connectivity index (χ0) is 22.6. The summed E-state index contributed by atoms with van der Waals surface area (Å²) in [6, 6.07) is 22.3. The van der Waals surface area contributed by atoms with E-state index in [4.69, 9.17) is 4.74 Å². The van der Waals surface area contributed by atoms with Crippen molar-refractivity contribution in [2.45, 2.75) is 0 Å². The number of hydrogen-bond acceptors (Lipinski definition) is 5. The molecule has 2 amide bonds.